The number of rotatable bonds is 6. The third-order valence-corrected chi connectivity index (χ3v) is 5.31. The molecule has 2 amide bonds. The first-order valence-electron chi connectivity index (χ1n) is 8.56. The van der Waals surface area contributed by atoms with Crippen molar-refractivity contribution < 1.29 is 9.59 Å². The fraction of sp³-hybridized carbons (Fsp3) is 0.300. The summed E-state index contributed by atoms with van der Waals surface area (Å²) in [5.74, 6) is -0.492. The molecular weight excluding hydrogens is 371 g/mol. The zero-order valence-electron chi connectivity index (χ0n) is 14.5. The van der Waals surface area contributed by atoms with Crippen molar-refractivity contribution in [1.82, 2.24) is 4.90 Å². The lowest BCUT2D eigenvalue weighted by atomic mass is 10.0. The van der Waals surface area contributed by atoms with Crippen LogP contribution in [0.1, 0.15) is 25.3 Å². The molecule has 0 unspecified atom stereocenters. The number of nitrogens with zero attached hydrogens (tertiary/aromatic N) is 1. The van der Waals surface area contributed by atoms with E-state index in [-0.39, 0.29) is 11.8 Å². The summed E-state index contributed by atoms with van der Waals surface area (Å²) in [4.78, 5) is 27.6. The lowest BCUT2D eigenvalue weighted by Gasteiger charge is -2.26. The van der Waals surface area contributed by atoms with Crippen LogP contribution in [-0.2, 0) is 16.1 Å². The van der Waals surface area contributed by atoms with Gasteiger partial charge in [0.2, 0.25) is 11.8 Å². The van der Waals surface area contributed by atoms with Crippen LogP contribution in [-0.4, -0.2) is 23.3 Å². The Hall–Kier alpha value is -2.04. The number of nitrogens with one attached hydrogen (secondary N) is 1. The van der Waals surface area contributed by atoms with Crippen molar-refractivity contribution in [2.75, 3.05) is 11.9 Å². The summed E-state index contributed by atoms with van der Waals surface area (Å²) in [6.45, 7) is 2.94. The van der Waals surface area contributed by atoms with Gasteiger partial charge in [-0.05, 0) is 37.5 Å². The van der Waals surface area contributed by atoms with Crippen molar-refractivity contribution in [3.63, 3.8) is 0 Å². The van der Waals surface area contributed by atoms with Gasteiger partial charge in [-0.2, -0.15) is 0 Å². The zero-order valence-corrected chi connectivity index (χ0v) is 16.0. The molecule has 1 saturated carbocycles. The van der Waals surface area contributed by atoms with E-state index in [9.17, 15) is 9.59 Å². The molecule has 0 radical (unpaired) electrons. The smallest absolute Gasteiger partial charge is 0.240 e. The van der Waals surface area contributed by atoms with Crippen molar-refractivity contribution in [1.29, 1.82) is 0 Å². The van der Waals surface area contributed by atoms with Crippen LogP contribution in [0.25, 0.3) is 0 Å². The Balaban J connectivity index is 1.76. The largest absolute Gasteiger partial charge is 0.338 e. The van der Waals surface area contributed by atoms with Gasteiger partial charge in [-0.25, -0.2) is 0 Å². The second-order valence-corrected chi connectivity index (χ2v) is 7.25. The molecule has 1 fully saturated rings. The fourth-order valence-electron chi connectivity index (χ4n) is 2.95. The molecule has 4 nitrogen and oxygen atoms in total. The zero-order chi connectivity index (χ0) is 18.7. The highest BCUT2D eigenvalue weighted by Crippen LogP contribution is 2.49. The molecule has 0 atom stereocenters. The molecule has 0 heterocycles. The molecule has 26 heavy (non-hydrogen) atoms. The van der Waals surface area contributed by atoms with Crippen LogP contribution in [0, 0.1) is 5.41 Å². The van der Waals surface area contributed by atoms with Gasteiger partial charge in [-0.3, -0.25) is 9.59 Å². The number of anilines is 1. The van der Waals surface area contributed by atoms with Crippen LogP contribution in [0.3, 0.4) is 0 Å². The minimum absolute atomic E-state index is 0.149. The van der Waals surface area contributed by atoms with Gasteiger partial charge in [0.25, 0.3) is 0 Å². The van der Waals surface area contributed by atoms with Crippen LogP contribution in [0.5, 0.6) is 0 Å². The maximum absolute atomic E-state index is 13.1. The van der Waals surface area contributed by atoms with Gasteiger partial charge in [-0.1, -0.05) is 59.6 Å². The highest BCUT2D eigenvalue weighted by atomic mass is 35.5. The van der Waals surface area contributed by atoms with E-state index in [1.54, 1.807) is 23.1 Å². The monoisotopic (exact) mass is 390 g/mol. The summed E-state index contributed by atoms with van der Waals surface area (Å²) in [6, 6.07) is 14.8. The number of halogens is 2. The quantitative estimate of drug-likeness (QED) is 0.722. The molecule has 0 spiro atoms. The molecule has 0 saturated heterocycles. The Morgan fingerprint density at radius 3 is 2.19 bits per heavy atom. The summed E-state index contributed by atoms with van der Waals surface area (Å²) >= 11 is 12.3. The van der Waals surface area contributed by atoms with Gasteiger partial charge in [-0.15, -0.1) is 0 Å². The highest BCUT2D eigenvalue weighted by Gasteiger charge is 2.58. The van der Waals surface area contributed by atoms with Crippen molar-refractivity contribution in [2.24, 2.45) is 5.41 Å². The summed E-state index contributed by atoms with van der Waals surface area (Å²) in [6.07, 6.45) is 1.07. The summed E-state index contributed by atoms with van der Waals surface area (Å²) < 4.78 is 0. The second kappa shape index (κ2) is 7.68. The maximum Gasteiger partial charge on any atom is 0.240 e. The SMILES string of the molecule is CCN(Cc1ccccc1)C(=O)C1(C(=O)Nc2c(Cl)cccc2Cl)CC1. The lowest BCUT2D eigenvalue weighted by Crippen LogP contribution is -2.42. The Morgan fingerprint density at radius 1 is 1.04 bits per heavy atom. The fourth-order valence-corrected chi connectivity index (χ4v) is 3.44. The molecule has 2 aromatic rings. The molecule has 2 aromatic carbocycles. The summed E-state index contributed by atoms with van der Waals surface area (Å²) in [7, 11) is 0. The van der Waals surface area contributed by atoms with Crippen LogP contribution in [0.4, 0.5) is 5.69 Å². The van der Waals surface area contributed by atoms with Crippen LogP contribution in [0.2, 0.25) is 10.0 Å². The van der Waals surface area contributed by atoms with Gasteiger partial charge in [0.15, 0.2) is 0 Å². The average Bonchev–Trinajstić information content (AvgIpc) is 3.45. The van der Waals surface area contributed by atoms with Crippen molar-refractivity contribution in [3.05, 3.63) is 64.1 Å². The Bertz CT molecular complexity index is 800. The standard InChI is InChI=1S/C20H20Cl2N2O2/c1-2-24(13-14-7-4-3-5-8-14)19(26)20(11-12-20)18(25)23-17-15(21)9-6-10-16(17)22/h3-10H,2,11-13H2,1H3,(H,23,25). The van der Waals surface area contributed by atoms with Gasteiger partial charge in [0, 0.05) is 13.1 Å². The maximum atomic E-state index is 13.1. The van der Waals surface area contributed by atoms with E-state index in [0.717, 1.165) is 5.56 Å². The molecule has 1 aliphatic rings. The number of amides is 2. The van der Waals surface area contributed by atoms with Crippen molar-refractivity contribution >= 4 is 40.7 Å². The number of hydrogen-bond acceptors (Lipinski definition) is 2. The number of benzene rings is 2. The number of carbonyl (C=O) groups is 2. The first-order valence-corrected chi connectivity index (χ1v) is 9.32. The number of para-hydroxylation sites is 1. The third-order valence-electron chi connectivity index (χ3n) is 4.68. The molecule has 0 aromatic heterocycles. The molecule has 6 heteroatoms. The highest BCUT2D eigenvalue weighted by molar-refractivity contribution is 6.40. The van der Waals surface area contributed by atoms with Gasteiger partial charge < -0.3 is 10.2 Å². The molecular formula is C20H20Cl2N2O2. The Kier molecular flexibility index (Phi) is 5.54. The Labute approximate surface area is 163 Å². The van der Waals surface area contributed by atoms with E-state index in [1.165, 1.54) is 0 Å². The number of carbonyl (C=O) groups excluding carboxylic acids is 2. The summed E-state index contributed by atoms with van der Waals surface area (Å²) in [5.41, 5.74) is 0.367. The third kappa shape index (κ3) is 3.71. The number of hydrogen-bond donors (Lipinski definition) is 1. The van der Waals surface area contributed by atoms with Crippen LogP contribution in [0.15, 0.2) is 48.5 Å². The lowest BCUT2D eigenvalue weighted by molar-refractivity contribution is -0.142. The van der Waals surface area contributed by atoms with Gasteiger partial charge in [0.1, 0.15) is 5.41 Å². The molecule has 1 N–H and O–H groups in total. The average molecular weight is 391 g/mol. The minimum Gasteiger partial charge on any atom is -0.338 e. The molecule has 0 bridgehead atoms. The topological polar surface area (TPSA) is 49.4 Å². The van der Waals surface area contributed by atoms with E-state index < -0.39 is 5.41 Å². The van der Waals surface area contributed by atoms with E-state index in [4.69, 9.17) is 23.2 Å². The molecule has 0 aliphatic heterocycles. The van der Waals surface area contributed by atoms with Crippen molar-refractivity contribution in [3.8, 4) is 0 Å². The summed E-state index contributed by atoms with van der Waals surface area (Å²) in [5, 5.41) is 3.46. The normalized spacial score (nSPS) is 14.6. The molecule has 136 valence electrons. The molecule has 3 rings (SSSR count). The predicted molar refractivity (Wildman–Crippen MR) is 104 cm³/mol. The van der Waals surface area contributed by atoms with Gasteiger partial charge >= 0.3 is 0 Å². The van der Waals surface area contributed by atoms with E-state index >= 15 is 0 Å². The van der Waals surface area contributed by atoms with E-state index in [2.05, 4.69) is 5.32 Å². The van der Waals surface area contributed by atoms with Gasteiger partial charge in [0.05, 0.1) is 15.7 Å². The van der Waals surface area contributed by atoms with Crippen molar-refractivity contribution in [2.45, 2.75) is 26.3 Å². The van der Waals surface area contributed by atoms with E-state index in [1.807, 2.05) is 37.3 Å². The first kappa shape index (κ1) is 18.7. The minimum atomic E-state index is -1.02. The van der Waals surface area contributed by atoms with Crippen LogP contribution >= 0.6 is 23.2 Å². The predicted octanol–water partition coefficient (Wildman–Crippen LogP) is 4.76. The van der Waals surface area contributed by atoms with E-state index in [0.29, 0.717) is 41.7 Å². The Morgan fingerprint density at radius 2 is 1.65 bits per heavy atom. The molecule has 1 aliphatic carbocycles. The second-order valence-electron chi connectivity index (χ2n) is 6.44. The van der Waals surface area contributed by atoms with Crippen LogP contribution < -0.4 is 5.32 Å². The first-order chi connectivity index (χ1) is 12.5.